The molecule has 0 bridgehead atoms. The van der Waals surface area contributed by atoms with Crippen LogP contribution in [0.3, 0.4) is 0 Å². The minimum absolute atomic E-state index is 0.170. The molecule has 0 aliphatic heterocycles. The van der Waals surface area contributed by atoms with Gasteiger partial charge in [0.1, 0.15) is 5.78 Å². The maximum Gasteiger partial charge on any atom is 0.138 e. The molecule has 0 radical (unpaired) electrons. The molecule has 4 aliphatic carbocycles. The molecule has 0 aromatic heterocycles. The molecule has 0 aromatic rings. The molecule has 4 saturated carbocycles. The van der Waals surface area contributed by atoms with Crippen LogP contribution in [0.4, 0.5) is 0 Å². The Bertz CT molecular complexity index is 821. The van der Waals surface area contributed by atoms with Crippen LogP contribution in [0.5, 0.6) is 0 Å². The lowest BCUT2D eigenvalue weighted by molar-refractivity contribution is -0.201. The molecular weight excluding hydrogens is 392 g/mol. The molecule has 2 nitrogen and oxygen atoms in total. The van der Waals surface area contributed by atoms with Crippen molar-refractivity contribution >= 4 is 5.78 Å². The number of carbonyl (C=O) groups is 1. The van der Waals surface area contributed by atoms with Gasteiger partial charge in [-0.2, -0.15) is 0 Å². The normalized spacial score (nSPS) is 48.1. The summed E-state index contributed by atoms with van der Waals surface area (Å²) in [6.07, 6.45) is 11.8. The summed E-state index contributed by atoms with van der Waals surface area (Å²) in [5.41, 5.74) is 3.10. The van der Waals surface area contributed by atoms with Crippen molar-refractivity contribution in [1.82, 2.24) is 0 Å². The van der Waals surface area contributed by atoms with Gasteiger partial charge in [0.2, 0.25) is 0 Å². The first kappa shape index (κ1) is 24.2. The number of fused-ring (bicyclic) bond motifs is 5. The average Bonchev–Trinajstić information content (AvgIpc) is 2.96. The number of hydrogen-bond acceptors (Lipinski definition) is 2. The second kappa shape index (κ2) is 7.82. The minimum Gasteiger partial charge on any atom is -0.392 e. The van der Waals surface area contributed by atoms with Gasteiger partial charge < -0.3 is 5.11 Å². The number of aliphatic hydroxyl groups is 1. The van der Waals surface area contributed by atoms with E-state index in [-0.39, 0.29) is 27.8 Å². The zero-order valence-corrected chi connectivity index (χ0v) is 21.9. The third kappa shape index (κ3) is 3.25. The Morgan fingerprint density at radius 1 is 1.03 bits per heavy atom. The standard InChI is InChI=1S/C30H48O2/c1-19(2)10-9-11-20(3)26-21-12-13-24-28(6)16-15-25(32)27(4,5)23(28)14-17-29(24,7)30(21,8)18-22(26)31/h11,21-24,26,31H,1,9-10,12-18H2,2-8H3/b20-11-/t21?,22-,23?,24?,26?,28-,29+,30?/m0/s1. The van der Waals surface area contributed by atoms with E-state index in [4.69, 9.17) is 0 Å². The quantitative estimate of drug-likeness (QED) is 0.459. The lowest BCUT2D eigenvalue weighted by Crippen LogP contribution is -2.63. The maximum absolute atomic E-state index is 12.8. The average molecular weight is 441 g/mol. The van der Waals surface area contributed by atoms with E-state index in [1.165, 1.54) is 36.8 Å². The van der Waals surface area contributed by atoms with Crippen LogP contribution in [-0.4, -0.2) is 17.0 Å². The molecule has 5 unspecified atom stereocenters. The van der Waals surface area contributed by atoms with Gasteiger partial charge in [-0.1, -0.05) is 51.8 Å². The summed E-state index contributed by atoms with van der Waals surface area (Å²) in [6.45, 7) is 20.5. The first-order valence-electron chi connectivity index (χ1n) is 13.3. The number of carbonyl (C=O) groups excluding carboxylic acids is 1. The van der Waals surface area contributed by atoms with E-state index in [2.05, 4.69) is 61.1 Å². The molecule has 4 aliphatic rings. The van der Waals surface area contributed by atoms with Gasteiger partial charge in [-0.25, -0.2) is 0 Å². The first-order chi connectivity index (χ1) is 14.8. The smallest absolute Gasteiger partial charge is 0.138 e. The summed E-state index contributed by atoms with van der Waals surface area (Å²) in [4.78, 5) is 12.8. The first-order valence-corrected chi connectivity index (χ1v) is 13.3. The van der Waals surface area contributed by atoms with Crippen LogP contribution < -0.4 is 0 Å². The Morgan fingerprint density at radius 3 is 2.38 bits per heavy atom. The van der Waals surface area contributed by atoms with Crippen LogP contribution in [0.15, 0.2) is 23.8 Å². The third-order valence-electron chi connectivity index (χ3n) is 11.7. The summed E-state index contributed by atoms with van der Waals surface area (Å²) >= 11 is 0. The lowest BCUT2D eigenvalue weighted by atomic mass is 9.35. The van der Waals surface area contributed by atoms with Crippen LogP contribution in [0, 0.1) is 45.3 Å². The van der Waals surface area contributed by atoms with E-state index < -0.39 is 0 Å². The molecule has 4 rings (SSSR count). The van der Waals surface area contributed by atoms with Crippen molar-refractivity contribution in [3.63, 3.8) is 0 Å². The highest BCUT2D eigenvalue weighted by atomic mass is 16.3. The van der Waals surface area contributed by atoms with E-state index in [1.54, 1.807) is 0 Å². The molecule has 4 fully saturated rings. The molecule has 0 spiro atoms. The minimum atomic E-state index is -0.225. The number of Topliss-reactive ketones (excluding diaryl/α,β-unsaturated/α-hetero) is 1. The summed E-state index contributed by atoms with van der Waals surface area (Å²) in [5.74, 6) is 2.51. The molecule has 0 amide bonds. The van der Waals surface area contributed by atoms with Gasteiger partial charge >= 0.3 is 0 Å². The number of aliphatic hydroxyl groups excluding tert-OH is 1. The van der Waals surface area contributed by atoms with Crippen molar-refractivity contribution < 1.29 is 9.90 Å². The van der Waals surface area contributed by atoms with Crippen molar-refractivity contribution in [3.05, 3.63) is 23.8 Å². The summed E-state index contributed by atoms with van der Waals surface area (Å²) in [7, 11) is 0. The van der Waals surface area contributed by atoms with Crippen LogP contribution in [-0.2, 0) is 4.79 Å². The molecule has 32 heavy (non-hydrogen) atoms. The van der Waals surface area contributed by atoms with Crippen molar-refractivity contribution in [2.75, 3.05) is 0 Å². The number of hydrogen-bond donors (Lipinski definition) is 1. The largest absolute Gasteiger partial charge is 0.392 e. The maximum atomic E-state index is 12.8. The van der Waals surface area contributed by atoms with Crippen molar-refractivity contribution in [3.8, 4) is 0 Å². The number of ketones is 1. The van der Waals surface area contributed by atoms with Gasteiger partial charge in [0.15, 0.2) is 0 Å². The summed E-state index contributed by atoms with van der Waals surface area (Å²) in [6, 6.07) is 0. The Hall–Kier alpha value is -0.890. The van der Waals surface area contributed by atoms with Gasteiger partial charge in [-0.3, -0.25) is 4.79 Å². The molecule has 0 aromatic carbocycles. The van der Waals surface area contributed by atoms with Crippen LogP contribution in [0.1, 0.15) is 106 Å². The van der Waals surface area contributed by atoms with Gasteiger partial charge in [-0.05, 0) is 99.2 Å². The second-order valence-corrected chi connectivity index (χ2v) is 13.6. The van der Waals surface area contributed by atoms with E-state index in [0.717, 1.165) is 32.1 Å². The van der Waals surface area contributed by atoms with Gasteiger partial charge in [0.05, 0.1) is 6.10 Å². The SMILES string of the molecule is C=C(C)CC/C=C(/C)C1C2CCC3[C@@]4(C)CCC(=O)C(C)(C)C4CC[C@@]3(C)C2(C)C[C@@H]1O. The molecule has 1 N–H and O–H groups in total. The van der Waals surface area contributed by atoms with Crippen molar-refractivity contribution in [1.29, 1.82) is 0 Å². The fourth-order valence-corrected chi connectivity index (χ4v) is 9.87. The highest BCUT2D eigenvalue weighted by Crippen LogP contribution is 2.75. The van der Waals surface area contributed by atoms with Crippen molar-refractivity contribution in [2.24, 2.45) is 45.3 Å². The fraction of sp³-hybridized carbons (Fsp3) is 0.833. The molecule has 2 heteroatoms. The molecule has 0 saturated heterocycles. The topological polar surface area (TPSA) is 37.3 Å². The predicted molar refractivity (Wildman–Crippen MR) is 133 cm³/mol. The van der Waals surface area contributed by atoms with Crippen LogP contribution >= 0.6 is 0 Å². The van der Waals surface area contributed by atoms with E-state index in [0.29, 0.717) is 29.5 Å². The monoisotopic (exact) mass is 440 g/mol. The Balaban J connectivity index is 1.66. The summed E-state index contributed by atoms with van der Waals surface area (Å²) < 4.78 is 0. The van der Waals surface area contributed by atoms with Crippen molar-refractivity contribution in [2.45, 2.75) is 112 Å². The Labute approximate surface area is 197 Å². The van der Waals surface area contributed by atoms with Crippen LogP contribution in [0.2, 0.25) is 0 Å². The van der Waals surface area contributed by atoms with Gasteiger partial charge in [0.25, 0.3) is 0 Å². The zero-order chi connectivity index (χ0) is 23.7. The highest BCUT2D eigenvalue weighted by molar-refractivity contribution is 5.85. The lowest BCUT2D eigenvalue weighted by Gasteiger charge is -2.68. The molecule has 0 heterocycles. The zero-order valence-electron chi connectivity index (χ0n) is 21.9. The van der Waals surface area contributed by atoms with E-state index >= 15 is 0 Å². The number of allylic oxidation sites excluding steroid dienone is 2. The van der Waals surface area contributed by atoms with E-state index in [9.17, 15) is 9.90 Å². The highest BCUT2D eigenvalue weighted by Gasteiger charge is 2.69. The van der Waals surface area contributed by atoms with Gasteiger partial charge in [-0.15, -0.1) is 6.58 Å². The Morgan fingerprint density at radius 2 is 1.72 bits per heavy atom. The fourth-order valence-electron chi connectivity index (χ4n) is 9.87. The number of rotatable bonds is 4. The predicted octanol–water partition coefficient (Wildman–Crippen LogP) is 7.51. The van der Waals surface area contributed by atoms with Gasteiger partial charge in [0, 0.05) is 17.8 Å². The summed E-state index contributed by atoms with van der Waals surface area (Å²) in [5, 5.41) is 11.4. The molecule has 8 atom stereocenters. The van der Waals surface area contributed by atoms with E-state index in [1.807, 2.05) is 0 Å². The Kier molecular flexibility index (Phi) is 5.93. The van der Waals surface area contributed by atoms with Crippen LogP contribution in [0.25, 0.3) is 0 Å². The molecular formula is C30H48O2. The molecule has 180 valence electrons. The third-order valence-corrected chi connectivity index (χ3v) is 11.7. The second-order valence-electron chi connectivity index (χ2n) is 13.6.